The number of carbonyl (C=O) groups is 1. The zero-order valence-corrected chi connectivity index (χ0v) is 14.2. The summed E-state index contributed by atoms with van der Waals surface area (Å²) < 4.78 is 5.21. The molecule has 1 aliphatic heterocycles. The number of methoxy groups -OCH3 is 1. The van der Waals surface area contributed by atoms with Crippen molar-refractivity contribution in [3.63, 3.8) is 0 Å². The van der Waals surface area contributed by atoms with Gasteiger partial charge in [0.05, 0.1) is 19.1 Å². The lowest BCUT2D eigenvalue weighted by molar-refractivity contribution is -0.137. The Bertz CT molecular complexity index is 654. The Balaban J connectivity index is 1.83. The van der Waals surface area contributed by atoms with Crippen molar-refractivity contribution in [3.05, 3.63) is 42.0 Å². The average Bonchev–Trinajstić information content (AvgIpc) is 3.17. The molecule has 6 nitrogen and oxygen atoms in total. The van der Waals surface area contributed by atoms with E-state index in [1.54, 1.807) is 7.11 Å². The summed E-state index contributed by atoms with van der Waals surface area (Å²) in [6.45, 7) is 2.83. The smallest absolute Gasteiger partial charge is 0.230 e. The number of hydrogen-bond acceptors (Lipinski definition) is 4. The van der Waals surface area contributed by atoms with Crippen molar-refractivity contribution in [2.24, 2.45) is 0 Å². The van der Waals surface area contributed by atoms with Crippen LogP contribution >= 0.6 is 0 Å². The first kappa shape index (κ1) is 16.5. The first-order valence-electron chi connectivity index (χ1n) is 8.54. The highest BCUT2D eigenvalue weighted by molar-refractivity contribution is 5.84. The van der Waals surface area contributed by atoms with E-state index in [1.807, 2.05) is 29.2 Å². The molecule has 1 saturated heterocycles. The summed E-state index contributed by atoms with van der Waals surface area (Å²) >= 11 is 0. The summed E-state index contributed by atoms with van der Waals surface area (Å²) in [4.78, 5) is 19.5. The molecule has 0 aliphatic carbocycles. The van der Waals surface area contributed by atoms with E-state index >= 15 is 0 Å². The number of amides is 1. The molecule has 1 aromatic carbocycles. The Morgan fingerprint density at radius 1 is 1.38 bits per heavy atom. The van der Waals surface area contributed by atoms with Gasteiger partial charge in [-0.05, 0) is 43.4 Å². The minimum Gasteiger partial charge on any atom is -0.497 e. The number of carbonyl (C=O) groups excluding carboxylic acids is 1. The van der Waals surface area contributed by atoms with Crippen LogP contribution in [0.5, 0.6) is 5.75 Å². The molecule has 0 unspecified atom stereocenters. The van der Waals surface area contributed by atoms with Gasteiger partial charge in [0, 0.05) is 6.54 Å². The topological polar surface area (TPSA) is 71.1 Å². The molecule has 1 N–H and O–H groups in total. The Morgan fingerprint density at radius 2 is 2.17 bits per heavy atom. The molecule has 3 rings (SSSR count). The summed E-state index contributed by atoms with van der Waals surface area (Å²) in [6, 6.07) is 7.79. The zero-order chi connectivity index (χ0) is 16.9. The summed E-state index contributed by atoms with van der Waals surface area (Å²) in [6.07, 6.45) is 5.35. The highest BCUT2D eigenvalue weighted by Gasteiger charge is 2.33. The van der Waals surface area contributed by atoms with Gasteiger partial charge in [-0.15, -0.1) is 0 Å². The molecule has 0 radical (unpaired) electrons. The van der Waals surface area contributed by atoms with E-state index in [4.69, 9.17) is 4.74 Å². The summed E-state index contributed by atoms with van der Waals surface area (Å²) in [5.74, 6) is 1.62. The molecule has 0 bridgehead atoms. The van der Waals surface area contributed by atoms with E-state index in [0.717, 1.165) is 49.4 Å². The predicted octanol–water partition coefficient (Wildman–Crippen LogP) is 3.06. The van der Waals surface area contributed by atoms with Crippen LogP contribution in [0.3, 0.4) is 0 Å². The first-order valence-corrected chi connectivity index (χ1v) is 8.54. The Labute approximate surface area is 142 Å². The molecule has 2 heterocycles. The molecule has 2 aromatic rings. The van der Waals surface area contributed by atoms with Crippen LogP contribution in [0.2, 0.25) is 0 Å². The quantitative estimate of drug-likeness (QED) is 0.915. The molecule has 1 amide bonds. The van der Waals surface area contributed by atoms with E-state index in [2.05, 4.69) is 22.1 Å². The zero-order valence-electron chi connectivity index (χ0n) is 14.2. The maximum Gasteiger partial charge on any atom is 0.230 e. The minimum absolute atomic E-state index is 0.000971. The van der Waals surface area contributed by atoms with Crippen LogP contribution in [-0.2, 0) is 4.79 Å². The highest BCUT2D eigenvalue weighted by Crippen LogP contribution is 2.33. The minimum atomic E-state index is -0.139. The lowest BCUT2D eigenvalue weighted by atomic mass is 9.92. The number of nitrogens with one attached hydrogen (secondary N) is 1. The van der Waals surface area contributed by atoms with E-state index in [-0.39, 0.29) is 17.9 Å². The van der Waals surface area contributed by atoms with Crippen LogP contribution in [0.1, 0.15) is 56.0 Å². The Morgan fingerprint density at radius 3 is 2.79 bits per heavy atom. The van der Waals surface area contributed by atoms with E-state index < -0.39 is 0 Å². The second-order valence-corrected chi connectivity index (χ2v) is 6.15. The van der Waals surface area contributed by atoms with Gasteiger partial charge < -0.3 is 9.64 Å². The molecule has 0 saturated carbocycles. The summed E-state index contributed by atoms with van der Waals surface area (Å²) in [5.41, 5.74) is 1.03. The normalized spacial score (nSPS) is 19.1. The van der Waals surface area contributed by atoms with Gasteiger partial charge in [-0.25, -0.2) is 4.98 Å². The second kappa shape index (κ2) is 7.47. The maximum absolute atomic E-state index is 13.2. The van der Waals surface area contributed by atoms with Crippen LogP contribution in [0.4, 0.5) is 0 Å². The van der Waals surface area contributed by atoms with E-state index in [0.29, 0.717) is 0 Å². The second-order valence-electron chi connectivity index (χ2n) is 6.15. The molecule has 24 heavy (non-hydrogen) atoms. The van der Waals surface area contributed by atoms with Crippen molar-refractivity contribution in [3.8, 4) is 5.75 Å². The number of benzene rings is 1. The molecular formula is C18H24N4O2. The fourth-order valence-corrected chi connectivity index (χ4v) is 3.44. The Hall–Kier alpha value is -2.37. The Kier molecular flexibility index (Phi) is 5.13. The number of likely N-dealkylation sites (tertiary alicyclic amines) is 1. The molecule has 6 heteroatoms. The standard InChI is InChI=1S/C18H24N4O2/c1-3-15(13-7-9-14(24-2)10-8-13)18(23)22-11-5-4-6-16(22)17-19-12-20-21-17/h7-10,12,15-16H,3-6,11H2,1-2H3,(H,19,20,21)/t15-,16+/m0/s1. The third-order valence-electron chi connectivity index (χ3n) is 4.76. The van der Waals surface area contributed by atoms with Gasteiger partial charge in [0.25, 0.3) is 0 Å². The third-order valence-corrected chi connectivity index (χ3v) is 4.76. The van der Waals surface area contributed by atoms with Gasteiger partial charge >= 0.3 is 0 Å². The van der Waals surface area contributed by atoms with E-state index in [1.165, 1.54) is 6.33 Å². The van der Waals surface area contributed by atoms with Gasteiger partial charge in [0.15, 0.2) is 0 Å². The van der Waals surface area contributed by atoms with Gasteiger partial charge in [-0.3, -0.25) is 9.89 Å². The van der Waals surface area contributed by atoms with Crippen LogP contribution in [0.25, 0.3) is 0 Å². The number of aromatic amines is 1. The van der Waals surface area contributed by atoms with Crippen molar-refractivity contribution >= 4 is 5.91 Å². The molecular weight excluding hydrogens is 304 g/mol. The van der Waals surface area contributed by atoms with Gasteiger partial charge in [-0.1, -0.05) is 19.1 Å². The van der Waals surface area contributed by atoms with Gasteiger partial charge in [0.2, 0.25) is 5.91 Å². The molecule has 1 fully saturated rings. The van der Waals surface area contributed by atoms with Crippen LogP contribution in [0.15, 0.2) is 30.6 Å². The van der Waals surface area contributed by atoms with E-state index in [9.17, 15) is 4.79 Å². The summed E-state index contributed by atoms with van der Waals surface area (Å²) in [7, 11) is 1.65. The number of ether oxygens (including phenoxy) is 1. The molecule has 128 valence electrons. The number of aromatic nitrogens is 3. The molecule has 0 spiro atoms. The van der Waals surface area contributed by atoms with Crippen molar-refractivity contribution in [2.75, 3.05) is 13.7 Å². The monoisotopic (exact) mass is 328 g/mol. The number of piperidine rings is 1. The van der Waals surface area contributed by atoms with Crippen molar-refractivity contribution < 1.29 is 9.53 Å². The molecule has 1 aliphatic rings. The largest absolute Gasteiger partial charge is 0.497 e. The highest BCUT2D eigenvalue weighted by atomic mass is 16.5. The number of nitrogens with zero attached hydrogens (tertiary/aromatic N) is 3. The van der Waals surface area contributed by atoms with Crippen LogP contribution in [0, 0.1) is 0 Å². The lowest BCUT2D eigenvalue weighted by Gasteiger charge is -2.36. The molecule has 1 aromatic heterocycles. The van der Waals surface area contributed by atoms with Gasteiger partial charge in [0.1, 0.15) is 17.9 Å². The fraction of sp³-hybridized carbons (Fsp3) is 0.500. The van der Waals surface area contributed by atoms with Crippen LogP contribution < -0.4 is 4.74 Å². The van der Waals surface area contributed by atoms with Crippen molar-refractivity contribution in [2.45, 2.75) is 44.6 Å². The van der Waals surface area contributed by atoms with Crippen molar-refractivity contribution in [1.82, 2.24) is 20.1 Å². The fourth-order valence-electron chi connectivity index (χ4n) is 3.44. The third kappa shape index (κ3) is 3.27. The number of H-pyrrole nitrogens is 1. The van der Waals surface area contributed by atoms with Crippen LogP contribution in [-0.4, -0.2) is 39.6 Å². The first-order chi connectivity index (χ1) is 11.7. The SMILES string of the molecule is CC[C@H](C(=O)N1CCCC[C@@H]1c1ncn[nH]1)c1ccc(OC)cc1. The number of hydrogen-bond donors (Lipinski definition) is 1. The number of rotatable bonds is 5. The average molecular weight is 328 g/mol. The predicted molar refractivity (Wildman–Crippen MR) is 90.7 cm³/mol. The molecule has 2 atom stereocenters. The maximum atomic E-state index is 13.2. The van der Waals surface area contributed by atoms with Crippen molar-refractivity contribution in [1.29, 1.82) is 0 Å². The summed E-state index contributed by atoms with van der Waals surface area (Å²) in [5, 5.41) is 6.88. The lowest BCUT2D eigenvalue weighted by Crippen LogP contribution is -2.41. The van der Waals surface area contributed by atoms with Gasteiger partial charge in [-0.2, -0.15) is 5.10 Å².